The lowest BCUT2D eigenvalue weighted by atomic mass is 9.99. The number of halogens is 1. The molecule has 0 radical (unpaired) electrons. The Labute approximate surface area is 186 Å². The summed E-state index contributed by atoms with van der Waals surface area (Å²) in [6.07, 6.45) is -0.180. The molecule has 8 nitrogen and oxygen atoms in total. The SMILES string of the molecule is CNC[C@H]1Oc2ccc(NC(=O)Nc3ccc(F)cc3)cc2C(=O)N([C@@H](C)CO)C[C@@H]1C. The van der Waals surface area contributed by atoms with Gasteiger partial charge in [0.25, 0.3) is 5.91 Å². The highest BCUT2D eigenvalue weighted by Gasteiger charge is 2.32. The molecule has 2 aromatic rings. The maximum absolute atomic E-state index is 13.3. The number of ether oxygens (including phenoxy) is 1. The fourth-order valence-corrected chi connectivity index (χ4v) is 3.57. The number of amides is 3. The van der Waals surface area contributed by atoms with Crippen molar-refractivity contribution in [1.29, 1.82) is 0 Å². The van der Waals surface area contributed by atoms with Crippen LogP contribution in [0.3, 0.4) is 0 Å². The van der Waals surface area contributed by atoms with Crippen molar-refractivity contribution in [3.05, 3.63) is 53.8 Å². The van der Waals surface area contributed by atoms with Crippen LogP contribution in [0.15, 0.2) is 42.5 Å². The second-order valence-electron chi connectivity index (χ2n) is 7.98. The van der Waals surface area contributed by atoms with Crippen LogP contribution in [0.4, 0.5) is 20.6 Å². The molecule has 172 valence electrons. The molecule has 1 heterocycles. The van der Waals surface area contributed by atoms with Gasteiger partial charge in [0.2, 0.25) is 0 Å². The van der Waals surface area contributed by atoms with Gasteiger partial charge in [0.05, 0.1) is 18.2 Å². The zero-order valence-electron chi connectivity index (χ0n) is 18.4. The van der Waals surface area contributed by atoms with Crippen molar-refractivity contribution in [1.82, 2.24) is 10.2 Å². The molecule has 1 aliphatic heterocycles. The van der Waals surface area contributed by atoms with E-state index in [-0.39, 0.29) is 30.6 Å². The fourth-order valence-electron chi connectivity index (χ4n) is 3.57. The average Bonchev–Trinajstić information content (AvgIpc) is 2.77. The summed E-state index contributed by atoms with van der Waals surface area (Å²) < 4.78 is 19.2. The second-order valence-corrected chi connectivity index (χ2v) is 7.98. The van der Waals surface area contributed by atoms with Gasteiger partial charge in [-0.05, 0) is 56.4 Å². The molecule has 0 unspecified atom stereocenters. The van der Waals surface area contributed by atoms with E-state index in [1.165, 1.54) is 24.3 Å². The summed E-state index contributed by atoms with van der Waals surface area (Å²) in [5, 5.41) is 18.1. The van der Waals surface area contributed by atoms with Gasteiger partial charge in [0.15, 0.2) is 0 Å². The van der Waals surface area contributed by atoms with E-state index in [4.69, 9.17) is 4.74 Å². The highest BCUT2D eigenvalue weighted by Crippen LogP contribution is 2.30. The highest BCUT2D eigenvalue weighted by molar-refractivity contribution is 6.02. The summed E-state index contributed by atoms with van der Waals surface area (Å²) in [5.41, 5.74) is 1.13. The van der Waals surface area contributed by atoms with E-state index in [9.17, 15) is 19.1 Å². The zero-order valence-corrected chi connectivity index (χ0v) is 18.4. The number of anilines is 2. The summed E-state index contributed by atoms with van der Waals surface area (Å²) in [6, 6.07) is 9.36. The first-order valence-electron chi connectivity index (χ1n) is 10.5. The first kappa shape index (κ1) is 23.5. The Bertz CT molecular complexity index is 954. The smallest absolute Gasteiger partial charge is 0.323 e. The van der Waals surface area contributed by atoms with E-state index in [1.54, 1.807) is 30.0 Å². The maximum atomic E-state index is 13.3. The number of carbonyl (C=O) groups is 2. The molecule has 3 atom stereocenters. The Hall–Kier alpha value is -3.17. The number of nitrogens with one attached hydrogen (secondary N) is 3. The van der Waals surface area contributed by atoms with E-state index in [0.717, 1.165) is 0 Å². The Morgan fingerprint density at radius 1 is 1.22 bits per heavy atom. The summed E-state index contributed by atoms with van der Waals surface area (Å²) in [5.74, 6) is -0.225. The van der Waals surface area contributed by atoms with Gasteiger partial charge in [-0.25, -0.2) is 9.18 Å². The topological polar surface area (TPSA) is 103 Å². The van der Waals surface area contributed by atoms with Crippen molar-refractivity contribution in [2.24, 2.45) is 5.92 Å². The van der Waals surface area contributed by atoms with Gasteiger partial charge >= 0.3 is 6.03 Å². The van der Waals surface area contributed by atoms with Gasteiger partial charge in [-0.3, -0.25) is 4.79 Å². The van der Waals surface area contributed by atoms with Crippen LogP contribution in [0.25, 0.3) is 0 Å². The Balaban J connectivity index is 1.86. The van der Waals surface area contributed by atoms with E-state index in [1.807, 2.05) is 14.0 Å². The molecule has 0 saturated carbocycles. The quantitative estimate of drug-likeness (QED) is 0.549. The molecule has 3 amide bonds. The van der Waals surface area contributed by atoms with Gasteiger partial charge in [0.1, 0.15) is 17.7 Å². The number of aliphatic hydroxyl groups is 1. The number of urea groups is 1. The lowest BCUT2D eigenvalue weighted by Crippen LogP contribution is -2.49. The van der Waals surface area contributed by atoms with E-state index >= 15 is 0 Å². The number of carbonyl (C=O) groups excluding carboxylic acids is 2. The van der Waals surface area contributed by atoms with Crippen molar-refractivity contribution in [2.75, 3.05) is 37.4 Å². The molecule has 32 heavy (non-hydrogen) atoms. The molecule has 3 rings (SSSR count). The predicted molar refractivity (Wildman–Crippen MR) is 121 cm³/mol. The third kappa shape index (κ3) is 5.54. The predicted octanol–water partition coefficient (Wildman–Crippen LogP) is 2.91. The molecule has 0 bridgehead atoms. The molecular formula is C23H29FN4O4. The number of aliphatic hydroxyl groups excluding tert-OH is 1. The number of benzene rings is 2. The molecule has 0 saturated heterocycles. The molecule has 2 aromatic carbocycles. The number of fused-ring (bicyclic) bond motifs is 1. The summed E-state index contributed by atoms with van der Waals surface area (Å²) in [6.45, 7) is 4.65. The minimum absolute atomic E-state index is 0.0350. The maximum Gasteiger partial charge on any atom is 0.323 e. The molecule has 0 fully saturated rings. The lowest BCUT2D eigenvalue weighted by Gasteiger charge is -2.37. The van der Waals surface area contributed by atoms with Gasteiger partial charge < -0.3 is 30.7 Å². The Morgan fingerprint density at radius 2 is 1.88 bits per heavy atom. The highest BCUT2D eigenvalue weighted by atomic mass is 19.1. The first-order chi connectivity index (χ1) is 15.3. The fraction of sp³-hybridized carbons (Fsp3) is 0.391. The first-order valence-corrected chi connectivity index (χ1v) is 10.5. The van der Waals surface area contributed by atoms with Crippen LogP contribution in [-0.4, -0.2) is 60.8 Å². The van der Waals surface area contributed by atoms with Crippen LogP contribution in [0, 0.1) is 11.7 Å². The van der Waals surface area contributed by atoms with Crippen molar-refractivity contribution in [3.8, 4) is 5.75 Å². The normalized spacial score (nSPS) is 19.3. The summed E-state index contributed by atoms with van der Waals surface area (Å²) in [7, 11) is 1.84. The van der Waals surface area contributed by atoms with Crippen LogP contribution in [0.5, 0.6) is 5.75 Å². The lowest BCUT2D eigenvalue weighted by molar-refractivity contribution is 0.0416. The van der Waals surface area contributed by atoms with Gasteiger partial charge in [-0.15, -0.1) is 0 Å². The van der Waals surface area contributed by atoms with Crippen molar-refractivity contribution in [3.63, 3.8) is 0 Å². The van der Waals surface area contributed by atoms with E-state index in [2.05, 4.69) is 16.0 Å². The van der Waals surface area contributed by atoms with Crippen molar-refractivity contribution < 1.29 is 23.8 Å². The van der Waals surface area contributed by atoms with Crippen molar-refractivity contribution in [2.45, 2.75) is 26.0 Å². The van der Waals surface area contributed by atoms with Gasteiger partial charge in [0, 0.05) is 30.4 Å². The number of hydrogen-bond acceptors (Lipinski definition) is 5. The van der Waals surface area contributed by atoms with Gasteiger partial charge in [-0.2, -0.15) is 0 Å². The molecular weight excluding hydrogens is 415 g/mol. The standard InChI is InChI=1S/C23H29FN4O4/c1-14-12-28(15(2)13-29)22(30)19-10-18(8-9-20(19)32-21(14)11-25-3)27-23(31)26-17-6-4-16(24)5-7-17/h4-10,14-15,21,25,29H,11-13H2,1-3H3,(H2,26,27,31)/t14-,15-,21+/m0/s1. The zero-order chi connectivity index (χ0) is 23.3. The monoisotopic (exact) mass is 444 g/mol. The molecule has 0 aromatic heterocycles. The molecule has 0 spiro atoms. The van der Waals surface area contributed by atoms with E-state index in [0.29, 0.717) is 35.8 Å². The Kier molecular flexibility index (Phi) is 7.66. The second kappa shape index (κ2) is 10.4. The van der Waals surface area contributed by atoms with E-state index < -0.39 is 11.8 Å². The third-order valence-electron chi connectivity index (χ3n) is 5.43. The number of rotatable bonds is 6. The van der Waals surface area contributed by atoms with Crippen LogP contribution in [-0.2, 0) is 0 Å². The van der Waals surface area contributed by atoms with Crippen LogP contribution < -0.4 is 20.7 Å². The van der Waals surface area contributed by atoms with Crippen LogP contribution in [0.2, 0.25) is 0 Å². The van der Waals surface area contributed by atoms with Crippen molar-refractivity contribution >= 4 is 23.3 Å². The number of nitrogens with zero attached hydrogens (tertiary/aromatic N) is 1. The third-order valence-corrected chi connectivity index (χ3v) is 5.43. The molecule has 1 aliphatic rings. The average molecular weight is 445 g/mol. The molecule has 4 N–H and O–H groups in total. The van der Waals surface area contributed by atoms with Crippen LogP contribution >= 0.6 is 0 Å². The summed E-state index contributed by atoms with van der Waals surface area (Å²) in [4.78, 5) is 27.3. The van der Waals surface area contributed by atoms with Crippen LogP contribution in [0.1, 0.15) is 24.2 Å². The summed E-state index contributed by atoms with van der Waals surface area (Å²) >= 11 is 0. The number of likely N-dealkylation sites (N-methyl/N-ethyl adjacent to an activating group) is 1. The Morgan fingerprint density at radius 3 is 2.53 bits per heavy atom. The minimum atomic E-state index is -0.530. The largest absolute Gasteiger partial charge is 0.488 e. The minimum Gasteiger partial charge on any atom is -0.488 e. The molecule has 9 heteroatoms. The van der Waals surface area contributed by atoms with Gasteiger partial charge in [-0.1, -0.05) is 6.92 Å². The molecule has 0 aliphatic carbocycles. The number of hydrogen-bond donors (Lipinski definition) is 4.